The van der Waals surface area contributed by atoms with Gasteiger partial charge in [-0.15, -0.1) is 0 Å². The fourth-order valence-corrected chi connectivity index (χ4v) is 3.79. The predicted octanol–water partition coefficient (Wildman–Crippen LogP) is 3.45. The van der Waals surface area contributed by atoms with E-state index >= 15 is 0 Å². The lowest BCUT2D eigenvalue weighted by molar-refractivity contribution is 0.0817. The van der Waals surface area contributed by atoms with Crippen molar-refractivity contribution in [1.29, 1.82) is 0 Å². The normalized spacial score (nSPS) is 15.9. The molecule has 3 heteroatoms. The van der Waals surface area contributed by atoms with Crippen molar-refractivity contribution in [3.05, 3.63) is 64.7 Å². The number of Topliss-reactive ketones (excluding diaryl/α,β-unsaturated/α-hetero) is 2. The van der Waals surface area contributed by atoms with Gasteiger partial charge >= 0.3 is 0 Å². The number of aryl methyl sites for hydroxylation is 2. The highest BCUT2D eigenvalue weighted by Gasteiger charge is 2.27. The van der Waals surface area contributed by atoms with Crippen LogP contribution in [0.15, 0.2) is 42.5 Å². The monoisotopic (exact) mass is 305 g/mol. The summed E-state index contributed by atoms with van der Waals surface area (Å²) in [6.07, 6.45) is 4.24. The third-order valence-corrected chi connectivity index (χ3v) is 4.84. The van der Waals surface area contributed by atoms with Crippen molar-refractivity contribution in [3.8, 4) is 0 Å². The zero-order chi connectivity index (χ0) is 15.8. The molecule has 0 N–H and O–H groups in total. The number of nitrogens with zero attached hydrogens (tertiary/aromatic N) is 1. The Morgan fingerprint density at radius 2 is 1.35 bits per heavy atom. The van der Waals surface area contributed by atoms with E-state index in [1.807, 2.05) is 18.2 Å². The molecule has 2 aromatic rings. The summed E-state index contributed by atoms with van der Waals surface area (Å²) >= 11 is 0. The van der Waals surface area contributed by atoms with Gasteiger partial charge in [0, 0.05) is 29.9 Å². The first-order valence-corrected chi connectivity index (χ1v) is 8.29. The molecule has 0 radical (unpaired) electrons. The summed E-state index contributed by atoms with van der Waals surface area (Å²) in [4.78, 5) is 27.5. The molecule has 0 unspecified atom stereocenters. The number of hydrogen-bond acceptors (Lipinski definition) is 3. The van der Waals surface area contributed by atoms with Gasteiger partial charge in [-0.2, -0.15) is 0 Å². The maximum atomic E-state index is 12.6. The second-order valence-electron chi connectivity index (χ2n) is 6.36. The molecule has 0 bridgehead atoms. The standard InChI is InChI=1S/C20H19NO2/c22-19(14-6-2-1-3-7-14)20(23)17-12-15-8-4-10-21-11-5-9-16(13-17)18(15)21/h1-3,6-7,12-13H,4-5,8-11H2. The molecule has 2 aliphatic rings. The first-order valence-electron chi connectivity index (χ1n) is 8.29. The van der Waals surface area contributed by atoms with Crippen LogP contribution in [-0.4, -0.2) is 24.7 Å². The highest BCUT2D eigenvalue weighted by Crippen LogP contribution is 2.36. The van der Waals surface area contributed by atoms with Gasteiger partial charge in [-0.3, -0.25) is 9.59 Å². The Kier molecular flexibility index (Phi) is 3.49. The molecule has 0 spiro atoms. The van der Waals surface area contributed by atoms with E-state index in [9.17, 15) is 9.59 Å². The maximum absolute atomic E-state index is 12.6. The molecule has 4 rings (SSSR count). The van der Waals surface area contributed by atoms with Crippen molar-refractivity contribution in [3.63, 3.8) is 0 Å². The minimum absolute atomic E-state index is 0.391. The van der Waals surface area contributed by atoms with Crippen LogP contribution in [0.1, 0.15) is 44.7 Å². The van der Waals surface area contributed by atoms with Gasteiger partial charge in [0.1, 0.15) is 0 Å². The van der Waals surface area contributed by atoms with Crippen LogP contribution in [0.2, 0.25) is 0 Å². The molecule has 2 aliphatic heterocycles. The van der Waals surface area contributed by atoms with Crippen molar-refractivity contribution >= 4 is 17.3 Å². The summed E-state index contributed by atoms with van der Waals surface area (Å²) < 4.78 is 0. The topological polar surface area (TPSA) is 37.4 Å². The second-order valence-corrected chi connectivity index (χ2v) is 6.36. The molecule has 116 valence electrons. The molecule has 0 aromatic heterocycles. The van der Waals surface area contributed by atoms with Crippen LogP contribution in [0, 0.1) is 0 Å². The second kappa shape index (κ2) is 5.65. The maximum Gasteiger partial charge on any atom is 0.233 e. The summed E-state index contributed by atoms with van der Waals surface area (Å²) in [5.74, 6) is -0.806. The number of anilines is 1. The number of ketones is 2. The van der Waals surface area contributed by atoms with E-state index in [0.29, 0.717) is 11.1 Å². The molecule has 0 saturated carbocycles. The van der Waals surface area contributed by atoms with Crippen LogP contribution in [0.25, 0.3) is 0 Å². The molecule has 0 saturated heterocycles. The lowest BCUT2D eigenvalue weighted by Gasteiger charge is -2.37. The van der Waals surface area contributed by atoms with E-state index in [1.54, 1.807) is 24.3 Å². The Hall–Kier alpha value is -2.42. The number of benzene rings is 2. The molecule has 0 atom stereocenters. The fraction of sp³-hybridized carbons (Fsp3) is 0.300. The Morgan fingerprint density at radius 3 is 1.96 bits per heavy atom. The quantitative estimate of drug-likeness (QED) is 0.644. The van der Waals surface area contributed by atoms with Gasteiger partial charge in [-0.05, 0) is 48.9 Å². The van der Waals surface area contributed by atoms with E-state index in [4.69, 9.17) is 0 Å². The number of carbonyl (C=O) groups is 2. The van der Waals surface area contributed by atoms with Crippen molar-refractivity contribution < 1.29 is 9.59 Å². The summed E-state index contributed by atoms with van der Waals surface area (Å²) in [7, 11) is 0. The van der Waals surface area contributed by atoms with Crippen LogP contribution in [0.5, 0.6) is 0 Å². The van der Waals surface area contributed by atoms with Crippen molar-refractivity contribution in [1.82, 2.24) is 0 Å². The third kappa shape index (κ3) is 2.46. The number of carbonyl (C=O) groups excluding carboxylic acids is 2. The zero-order valence-electron chi connectivity index (χ0n) is 13.0. The molecule has 0 amide bonds. The molecule has 3 nitrogen and oxygen atoms in total. The van der Waals surface area contributed by atoms with E-state index in [-0.39, 0.29) is 0 Å². The lowest BCUT2D eigenvalue weighted by atomic mass is 9.88. The Labute approximate surface area is 135 Å². The van der Waals surface area contributed by atoms with Crippen LogP contribution >= 0.6 is 0 Å². The van der Waals surface area contributed by atoms with E-state index in [0.717, 1.165) is 38.8 Å². The largest absolute Gasteiger partial charge is 0.371 e. The van der Waals surface area contributed by atoms with Crippen molar-refractivity contribution in [2.75, 3.05) is 18.0 Å². The van der Waals surface area contributed by atoms with Crippen LogP contribution in [0.3, 0.4) is 0 Å². The first-order chi connectivity index (χ1) is 11.2. The fourth-order valence-electron chi connectivity index (χ4n) is 3.79. The van der Waals surface area contributed by atoms with Gasteiger partial charge in [0.15, 0.2) is 0 Å². The lowest BCUT2D eigenvalue weighted by Crippen LogP contribution is -2.34. The molecule has 2 aromatic carbocycles. The summed E-state index contributed by atoms with van der Waals surface area (Å²) in [6.45, 7) is 2.21. The Balaban J connectivity index is 1.73. The molecule has 0 fully saturated rings. The van der Waals surface area contributed by atoms with Crippen LogP contribution in [0.4, 0.5) is 5.69 Å². The van der Waals surface area contributed by atoms with Gasteiger partial charge in [-0.1, -0.05) is 30.3 Å². The first kappa shape index (κ1) is 14.2. The molecule has 0 aliphatic carbocycles. The summed E-state index contributed by atoms with van der Waals surface area (Å²) in [5.41, 5.74) is 4.81. The van der Waals surface area contributed by atoms with Gasteiger partial charge in [0.25, 0.3) is 0 Å². The van der Waals surface area contributed by atoms with Crippen LogP contribution in [-0.2, 0) is 12.8 Å². The minimum atomic E-state index is -0.416. The van der Waals surface area contributed by atoms with E-state index < -0.39 is 11.6 Å². The number of rotatable bonds is 3. The van der Waals surface area contributed by atoms with Gasteiger partial charge in [0.05, 0.1) is 0 Å². The average molecular weight is 305 g/mol. The summed E-state index contributed by atoms with van der Waals surface area (Å²) in [6, 6.07) is 12.7. The Morgan fingerprint density at radius 1 is 0.783 bits per heavy atom. The smallest absolute Gasteiger partial charge is 0.233 e. The minimum Gasteiger partial charge on any atom is -0.371 e. The Bertz CT molecular complexity index is 748. The van der Waals surface area contributed by atoms with Gasteiger partial charge in [0.2, 0.25) is 11.6 Å². The zero-order valence-corrected chi connectivity index (χ0v) is 13.0. The van der Waals surface area contributed by atoms with Gasteiger partial charge in [-0.25, -0.2) is 0 Å². The average Bonchev–Trinajstić information content (AvgIpc) is 2.61. The van der Waals surface area contributed by atoms with E-state index in [2.05, 4.69) is 4.90 Å². The van der Waals surface area contributed by atoms with Gasteiger partial charge < -0.3 is 4.90 Å². The highest BCUT2D eigenvalue weighted by molar-refractivity contribution is 6.49. The van der Waals surface area contributed by atoms with Crippen LogP contribution < -0.4 is 4.90 Å². The molecule has 2 heterocycles. The number of hydrogen-bond donors (Lipinski definition) is 0. The third-order valence-electron chi connectivity index (χ3n) is 4.84. The van der Waals surface area contributed by atoms with Crippen molar-refractivity contribution in [2.24, 2.45) is 0 Å². The summed E-state index contributed by atoms with van der Waals surface area (Å²) in [5, 5.41) is 0. The van der Waals surface area contributed by atoms with Crippen molar-refractivity contribution in [2.45, 2.75) is 25.7 Å². The SMILES string of the molecule is O=C(C(=O)c1cc2c3c(c1)CCCN3CCC2)c1ccccc1. The predicted molar refractivity (Wildman–Crippen MR) is 90.4 cm³/mol. The molecular weight excluding hydrogens is 286 g/mol. The van der Waals surface area contributed by atoms with E-state index in [1.165, 1.54) is 16.8 Å². The molecule has 23 heavy (non-hydrogen) atoms. The molecular formula is C20H19NO2. The highest BCUT2D eigenvalue weighted by atomic mass is 16.2.